The highest BCUT2D eigenvalue weighted by atomic mass is 35.5. The van der Waals surface area contributed by atoms with Gasteiger partial charge in [-0.3, -0.25) is 4.79 Å². The minimum Gasteiger partial charge on any atom is -0.346 e. The Kier molecular flexibility index (Phi) is 7.28. The first kappa shape index (κ1) is 23.6. The van der Waals surface area contributed by atoms with Crippen LogP contribution in [-0.2, 0) is 4.79 Å². The Morgan fingerprint density at radius 1 is 1.48 bits per heavy atom. The van der Waals surface area contributed by atoms with Crippen molar-refractivity contribution in [2.45, 2.75) is 43.7 Å². The fourth-order valence-corrected chi connectivity index (χ4v) is 4.03. The van der Waals surface area contributed by atoms with E-state index >= 15 is 0 Å². The Balaban J connectivity index is 1.88. The molecule has 2 aromatic heterocycles. The average Bonchev–Trinajstić information content (AvgIpc) is 3.06. The van der Waals surface area contributed by atoms with Crippen LogP contribution >= 0.6 is 23.4 Å². The molecule has 0 spiro atoms. The fourth-order valence-electron chi connectivity index (χ4n) is 3.43. The second-order valence-electron chi connectivity index (χ2n) is 7.17. The number of hydrogen-bond donors (Lipinski definition) is 2. The highest BCUT2D eigenvalue weighted by Crippen LogP contribution is 2.32. The van der Waals surface area contributed by atoms with E-state index in [0.29, 0.717) is 12.5 Å². The number of hydrogen-bond acceptors (Lipinski definition) is 5. The van der Waals surface area contributed by atoms with Crippen LogP contribution in [0.25, 0.3) is 11.2 Å². The van der Waals surface area contributed by atoms with Crippen molar-refractivity contribution >= 4 is 45.5 Å². The second kappa shape index (κ2) is 9.58. The summed E-state index contributed by atoms with van der Waals surface area (Å²) in [6, 6.07) is -0.860. The van der Waals surface area contributed by atoms with Crippen molar-refractivity contribution in [2.24, 2.45) is 10.7 Å². The summed E-state index contributed by atoms with van der Waals surface area (Å²) in [4.78, 5) is 16.9. The van der Waals surface area contributed by atoms with Gasteiger partial charge in [-0.2, -0.15) is 5.10 Å². The van der Waals surface area contributed by atoms with Crippen molar-refractivity contribution in [3.63, 3.8) is 0 Å². The third kappa shape index (κ3) is 5.39. The number of aliphatic imine (C=N–C) groups is 1. The van der Waals surface area contributed by atoms with Crippen molar-refractivity contribution in [3.05, 3.63) is 41.2 Å². The predicted octanol–water partition coefficient (Wildman–Crippen LogP) is 3.93. The highest BCUT2D eigenvalue weighted by molar-refractivity contribution is 8.15. The lowest BCUT2D eigenvalue weighted by molar-refractivity contribution is -0.115. The number of thioether (sulfide) groups is 1. The molecule has 2 unspecified atom stereocenters. The zero-order chi connectivity index (χ0) is 22.8. The summed E-state index contributed by atoms with van der Waals surface area (Å²) in [6.07, 6.45) is 3.56. The van der Waals surface area contributed by atoms with Gasteiger partial charge in [-0.05, 0) is 19.1 Å². The van der Waals surface area contributed by atoms with Gasteiger partial charge in [0, 0.05) is 36.0 Å². The summed E-state index contributed by atoms with van der Waals surface area (Å²) in [5.41, 5.74) is 7.04. The van der Waals surface area contributed by atoms with Crippen LogP contribution in [0.4, 0.5) is 17.6 Å². The van der Waals surface area contributed by atoms with E-state index in [1.165, 1.54) is 6.20 Å². The normalized spacial score (nSPS) is 22.4. The molecule has 0 aromatic carbocycles. The molecule has 168 valence electrons. The zero-order valence-electron chi connectivity index (χ0n) is 16.4. The van der Waals surface area contributed by atoms with Crippen molar-refractivity contribution in [1.29, 1.82) is 0 Å². The van der Waals surface area contributed by atoms with E-state index in [0.717, 1.165) is 28.0 Å². The standard InChI is InChI=1S/C19H20ClF4N5OS/c1-31-18(17(30)27-14-6-19(23,24)4-2-3-13(14)25)28-15(7-20)11-8-26-29-9-10(21)5-12(22)16(11)29/h5,7-9,13-14H,2-4,6,25H2,1H3,(H,27,30). The Morgan fingerprint density at radius 3 is 2.90 bits per heavy atom. The molecule has 6 nitrogen and oxygen atoms in total. The molecule has 0 saturated heterocycles. The van der Waals surface area contributed by atoms with Crippen molar-refractivity contribution < 1.29 is 22.4 Å². The molecule has 1 amide bonds. The van der Waals surface area contributed by atoms with E-state index < -0.39 is 42.0 Å². The number of nitrogens with two attached hydrogens (primary N) is 1. The van der Waals surface area contributed by atoms with Crippen LogP contribution in [0.5, 0.6) is 0 Å². The van der Waals surface area contributed by atoms with E-state index in [1.807, 2.05) is 0 Å². The third-order valence-corrected chi connectivity index (χ3v) is 5.82. The van der Waals surface area contributed by atoms with Crippen molar-refractivity contribution in [2.75, 3.05) is 6.26 Å². The summed E-state index contributed by atoms with van der Waals surface area (Å²) in [5.74, 6) is -5.33. The van der Waals surface area contributed by atoms with Crippen molar-refractivity contribution in [3.8, 4) is 0 Å². The maximum atomic E-state index is 14.3. The summed E-state index contributed by atoms with van der Waals surface area (Å²) < 4.78 is 56.6. The van der Waals surface area contributed by atoms with Gasteiger partial charge in [0.1, 0.15) is 11.3 Å². The van der Waals surface area contributed by atoms with Gasteiger partial charge in [-0.15, -0.1) is 11.8 Å². The van der Waals surface area contributed by atoms with Crippen LogP contribution in [0.3, 0.4) is 0 Å². The molecule has 1 fully saturated rings. The number of halogens is 5. The largest absolute Gasteiger partial charge is 0.346 e. The number of carbonyl (C=O) groups excluding carboxylic acids is 1. The molecule has 1 aliphatic rings. The third-order valence-electron chi connectivity index (χ3n) is 4.95. The van der Waals surface area contributed by atoms with E-state index in [1.54, 1.807) is 6.26 Å². The number of amides is 1. The molecule has 2 atom stereocenters. The first-order chi connectivity index (χ1) is 14.6. The van der Waals surface area contributed by atoms with E-state index in [-0.39, 0.29) is 34.7 Å². The molecule has 1 saturated carbocycles. The monoisotopic (exact) mass is 477 g/mol. The fraction of sp³-hybridized carbons (Fsp3) is 0.421. The number of aromatic nitrogens is 2. The smallest absolute Gasteiger partial charge is 0.276 e. The van der Waals surface area contributed by atoms with Crippen LogP contribution in [0.1, 0.15) is 31.2 Å². The lowest BCUT2D eigenvalue weighted by atomic mass is 10.0. The highest BCUT2D eigenvalue weighted by Gasteiger charge is 2.38. The van der Waals surface area contributed by atoms with E-state index in [2.05, 4.69) is 15.4 Å². The van der Waals surface area contributed by atoms with E-state index in [9.17, 15) is 22.4 Å². The SMILES string of the molecule is CSC(=NC(=CCl)c1cnn2cc(F)cc(F)c12)C(=O)NC1CC(F)(F)CCCC1N. The van der Waals surface area contributed by atoms with Gasteiger partial charge in [0.2, 0.25) is 5.92 Å². The number of fused-ring (bicyclic) bond motifs is 1. The molecule has 12 heteroatoms. The van der Waals surface area contributed by atoms with Gasteiger partial charge in [0.15, 0.2) is 10.9 Å². The Bertz CT molecular complexity index is 1040. The molecule has 2 aromatic rings. The van der Waals surface area contributed by atoms with Gasteiger partial charge in [-0.1, -0.05) is 11.6 Å². The van der Waals surface area contributed by atoms with E-state index in [4.69, 9.17) is 17.3 Å². The maximum Gasteiger partial charge on any atom is 0.276 e. The van der Waals surface area contributed by atoms with Gasteiger partial charge < -0.3 is 11.1 Å². The molecule has 0 aliphatic heterocycles. The summed E-state index contributed by atoms with van der Waals surface area (Å²) >= 11 is 6.82. The zero-order valence-corrected chi connectivity index (χ0v) is 18.0. The van der Waals surface area contributed by atoms with Crippen LogP contribution in [-0.4, -0.2) is 44.8 Å². The molecule has 31 heavy (non-hydrogen) atoms. The molecule has 3 rings (SSSR count). The number of carbonyl (C=O) groups is 1. The van der Waals surface area contributed by atoms with Gasteiger partial charge in [-0.25, -0.2) is 27.1 Å². The molecule has 0 bridgehead atoms. The van der Waals surface area contributed by atoms with Crippen LogP contribution in [0.15, 0.2) is 29.0 Å². The minimum absolute atomic E-state index is 0.00262. The quantitative estimate of drug-likeness (QED) is 0.303. The molecule has 3 N–H and O–H groups in total. The number of alkyl halides is 2. The molecule has 2 heterocycles. The number of nitrogens with one attached hydrogen (secondary N) is 1. The van der Waals surface area contributed by atoms with Gasteiger partial charge in [0.05, 0.1) is 24.1 Å². The van der Waals surface area contributed by atoms with Crippen molar-refractivity contribution in [1.82, 2.24) is 14.9 Å². The predicted molar refractivity (Wildman–Crippen MR) is 113 cm³/mol. The summed E-state index contributed by atoms with van der Waals surface area (Å²) in [6.45, 7) is 0. The number of pyridine rings is 1. The molecular weight excluding hydrogens is 458 g/mol. The van der Waals surface area contributed by atoms with Crippen LogP contribution in [0, 0.1) is 11.6 Å². The Hall–Kier alpha value is -2.11. The topological polar surface area (TPSA) is 84.8 Å². The first-order valence-corrected chi connectivity index (χ1v) is 11.0. The second-order valence-corrected chi connectivity index (χ2v) is 8.18. The molecule has 1 aliphatic carbocycles. The lowest BCUT2D eigenvalue weighted by Crippen LogP contribution is -2.50. The van der Waals surface area contributed by atoms with Gasteiger partial charge in [0.25, 0.3) is 5.91 Å². The average molecular weight is 478 g/mol. The lowest BCUT2D eigenvalue weighted by Gasteiger charge is -2.25. The molecule has 0 radical (unpaired) electrons. The minimum atomic E-state index is -2.92. The molecular formula is C19H20ClF4N5OS. The number of rotatable bonds is 3. The van der Waals surface area contributed by atoms with Crippen LogP contribution < -0.4 is 11.1 Å². The summed E-state index contributed by atoms with van der Waals surface area (Å²) in [7, 11) is 0. The summed E-state index contributed by atoms with van der Waals surface area (Å²) in [5, 5.41) is 6.32. The number of nitrogens with zero attached hydrogens (tertiary/aromatic N) is 3. The Morgan fingerprint density at radius 2 is 2.23 bits per heavy atom. The first-order valence-electron chi connectivity index (χ1n) is 9.35. The van der Waals surface area contributed by atoms with Gasteiger partial charge >= 0.3 is 0 Å². The van der Waals surface area contributed by atoms with Crippen LogP contribution in [0.2, 0.25) is 0 Å². The Labute approximate surface area is 184 Å². The maximum absolute atomic E-state index is 14.3.